The molecule has 17 nitrogen and oxygen atoms in total. The number of aliphatic hydroxyl groups excluding tert-OH is 1. The standard InChI is InChI=1S/C74H144O17P2/c1-8-10-11-12-13-14-15-16-17-18-19-20-21-26-29-34-43-50-57-73(78)90-69(61-84-71(76)55-48-41-33-28-25-23-22-24-27-31-38-45-52-65(3)4)63-88-92(80,81)86-59-68(75)60-87-93(82,83)89-64-70(91-74(79)58-51-44-35-30-32-39-46-53-66(5)6)62-85-72(77)56-49-42-37-36-40-47-54-67(7)9-2/h65-70,75H,8-64H2,1-7H3,(H,80,81)(H,82,83)/t67?,68-,69-,70-/m1/s1. The molecular formula is C74H144O17P2. The van der Waals surface area contributed by atoms with Gasteiger partial charge in [0.2, 0.25) is 0 Å². The van der Waals surface area contributed by atoms with Crippen LogP contribution in [-0.4, -0.2) is 96.7 Å². The molecule has 0 amide bonds. The molecule has 0 aliphatic carbocycles. The van der Waals surface area contributed by atoms with E-state index in [9.17, 15) is 43.2 Å². The van der Waals surface area contributed by atoms with Crippen molar-refractivity contribution < 1.29 is 80.2 Å². The fraction of sp³-hybridized carbons (Fsp3) is 0.946. The van der Waals surface area contributed by atoms with E-state index in [-0.39, 0.29) is 25.7 Å². The van der Waals surface area contributed by atoms with Gasteiger partial charge in [0.05, 0.1) is 26.4 Å². The monoisotopic (exact) mass is 1370 g/mol. The van der Waals surface area contributed by atoms with Crippen LogP contribution in [0.4, 0.5) is 0 Å². The molecule has 0 aromatic carbocycles. The molecule has 0 bridgehead atoms. The van der Waals surface area contributed by atoms with Gasteiger partial charge in [-0.1, -0.05) is 325 Å². The van der Waals surface area contributed by atoms with Crippen LogP contribution in [0, 0.1) is 17.8 Å². The molecular weight excluding hydrogens is 1220 g/mol. The van der Waals surface area contributed by atoms with Crippen molar-refractivity contribution in [3.05, 3.63) is 0 Å². The highest BCUT2D eigenvalue weighted by Gasteiger charge is 2.30. The van der Waals surface area contributed by atoms with Crippen molar-refractivity contribution in [3.63, 3.8) is 0 Å². The molecule has 0 rings (SSSR count). The smallest absolute Gasteiger partial charge is 0.462 e. The van der Waals surface area contributed by atoms with Crippen molar-refractivity contribution in [2.24, 2.45) is 17.8 Å². The van der Waals surface area contributed by atoms with Gasteiger partial charge >= 0.3 is 39.5 Å². The summed E-state index contributed by atoms with van der Waals surface area (Å²) in [5.74, 6) is 0.0844. The number of phosphoric ester groups is 2. The first-order chi connectivity index (χ1) is 44.8. The highest BCUT2D eigenvalue weighted by molar-refractivity contribution is 7.47. The van der Waals surface area contributed by atoms with Crippen molar-refractivity contribution in [2.45, 2.75) is 394 Å². The molecule has 0 spiro atoms. The summed E-state index contributed by atoms with van der Waals surface area (Å²) >= 11 is 0. The number of unbranched alkanes of at least 4 members (excludes halogenated alkanes) is 39. The SMILES string of the molecule is CCCCCCCCCCCCCCCCCCCCC(=O)O[C@H](COC(=O)CCCCCCCCCCCCCCC(C)C)COP(=O)(O)OC[C@@H](O)COP(=O)(O)OC[C@@H](COC(=O)CCCCCCCCC(C)CC)OC(=O)CCCCCCCCCC(C)C. The third-order valence-corrected chi connectivity index (χ3v) is 19.4. The number of phosphoric acid groups is 2. The van der Waals surface area contributed by atoms with E-state index in [1.54, 1.807) is 0 Å². The first-order valence-corrected chi connectivity index (χ1v) is 41.4. The lowest BCUT2D eigenvalue weighted by Crippen LogP contribution is -2.30. The molecule has 0 aliphatic heterocycles. The lowest BCUT2D eigenvalue weighted by Gasteiger charge is -2.21. The molecule has 3 unspecified atom stereocenters. The van der Waals surface area contributed by atoms with Crippen molar-refractivity contribution in [1.82, 2.24) is 0 Å². The van der Waals surface area contributed by atoms with Crippen LogP contribution < -0.4 is 0 Å². The maximum atomic E-state index is 13.1. The minimum absolute atomic E-state index is 0.102. The van der Waals surface area contributed by atoms with Gasteiger partial charge in [-0.2, -0.15) is 0 Å². The van der Waals surface area contributed by atoms with E-state index >= 15 is 0 Å². The molecule has 0 saturated carbocycles. The average molecular weight is 1370 g/mol. The minimum Gasteiger partial charge on any atom is -0.462 e. The summed E-state index contributed by atoms with van der Waals surface area (Å²) in [6.45, 7) is 11.8. The molecule has 6 atom stereocenters. The first kappa shape index (κ1) is 91.1. The lowest BCUT2D eigenvalue weighted by molar-refractivity contribution is -0.161. The van der Waals surface area contributed by atoms with E-state index in [0.717, 1.165) is 108 Å². The lowest BCUT2D eigenvalue weighted by atomic mass is 10.00. The number of hydrogen-bond acceptors (Lipinski definition) is 15. The summed E-state index contributed by atoms with van der Waals surface area (Å²) in [5.41, 5.74) is 0. The third-order valence-electron chi connectivity index (χ3n) is 17.5. The average Bonchev–Trinajstić information content (AvgIpc) is 3.73. The number of rotatable bonds is 72. The van der Waals surface area contributed by atoms with Gasteiger partial charge in [-0.25, -0.2) is 9.13 Å². The van der Waals surface area contributed by atoms with Gasteiger partial charge in [-0.15, -0.1) is 0 Å². The van der Waals surface area contributed by atoms with E-state index in [1.165, 1.54) is 180 Å². The van der Waals surface area contributed by atoms with Gasteiger partial charge in [-0.05, 0) is 43.4 Å². The Labute approximate surface area is 568 Å². The second kappa shape index (κ2) is 64.7. The van der Waals surface area contributed by atoms with Crippen LogP contribution in [0.25, 0.3) is 0 Å². The Morgan fingerprint density at radius 2 is 0.548 bits per heavy atom. The van der Waals surface area contributed by atoms with Gasteiger partial charge in [0.15, 0.2) is 12.2 Å². The summed E-state index contributed by atoms with van der Waals surface area (Å²) < 4.78 is 68.4. The molecule has 0 saturated heterocycles. The van der Waals surface area contributed by atoms with Crippen molar-refractivity contribution in [3.8, 4) is 0 Å². The molecule has 0 radical (unpaired) electrons. The number of ether oxygens (including phenoxy) is 4. The van der Waals surface area contributed by atoms with Crippen LogP contribution in [0.5, 0.6) is 0 Å². The zero-order valence-corrected chi connectivity index (χ0v) is 62.5. The van der Waals surface area contributed by atoms with Crippen LogP contribution in [0.2, 0.25) is 0 Å². The van der Waals surface area contributed by atoms with Crippen molar-refractivity contribution in [1.29, 1.82) is 0 Å². The quantitative estimate of drug-likeness (QED) is 0.0222. The summed E-state index contributed by atoms with van der Waals surface area (Å²) in [6.07, 6.45) is 50.1. The van der Waals surface area contributed by atoms with Gasteiger partial charge in [0.1, 0.15) is 19.3 Å². The van der Waals surface area contributed by atoms with Gasteiger partial charge in [0.25, 0.3) is 0 Å². The molecule has 0 heterocycles. The predicted molar refractivity (Wildman–Crippen MR) is 377 cm³/mol. The summed E-state index contributed by atoms with van der Waals surface area (Å²) in [5, 5.41) is 10.6. The largest absolute Gasteiger partial charge is 0.472 e. The molecule has 0 aromatic heterocycles. The number of carbonyl (C=O) groups is 4. The molecule has 19 heteroatoms. The van der Waals surface area contributed by atoms with Crippen molar-refractivity contribution >= 4 is 39.5 Å². The van der Waals surface area contributed by atoms with E-state index in [0.29, 0.717) is 31.6 Å². The van der Waals surface area contributed by atoms with E-state index in [2.05, 4.69) is 48.5 Å². The summed E-state index contributed by atoms with van der Waals surface area (Å²) in [7, 11) is -9.91. The highest BCUT2D eigenvalue weighted by Crippen LogP contribution is 2.45. The Morgan fingerprint density at radius 1 is 0.312 bits per heavy atom. The number of esters is 4. The Balaban J connectivity index is 5.23. The Morgan fingerprint density at radius 3 is 0.817 bits per heavy atom. The summed E-state index contributed by atoms with van der Waals surface area (Å²) in [6, 6.07) is 0. The molecule has 0 fully saturated rings. The molecule has 3 N–H and O–H groups in total. The zero-order valence-electron chi connectivity index (χ0n) is 60.7. The zero-order chi connectivity index (χ0) is 68.7. The van der Waals surface area contributed by atoms with Gasteiger partial charge in [-0.3, -0.25) is 37.3 Å². The van der Waals surface area contributed by atoms with Gasteiger partial charge < -0.3 is 33.8 Å². The highest BCUT2D eigenvalue weighted by atomic mass is 31.2. The second-order valence-corrected chi connectivity index (χ2v) is 30.8. The Bertz CT molecular complexity index is 1820. The predicted octanol–water partition coefficient (Wildman–Crippen LogP) is 21.4. The van der Waals surface area contributed by atoms with Crippen molar-refractivity contribution in [2.75, 3.05) is 39.6 Å². The van der Waals surface area contributed by atoms with Crippen LogP contribution in [0.15, 0.2) is 0 Å². The van der Waals surface area contributed by atoms with Gasteiger partial charge in [0, 0.05) is 25.7 Å². The fourth-order valence-corrected chi connectivity index (χ4v) is 12.8. The van der Waals surface area contributed by atoms with E-state index in [1.807, 2.05) is 0 Å². The first-order valence-electron chi connectivity index (χ1n) is 38.4. The van der Waals surface area contributed by atoms with E-state index < -0.39 is 97.5 Å². The van der Waals surface area contributed by atoms with E-state index in [4.69, 9.17) is 37.0 Å². The maximum Gasteiger partial charge on any atom is 0.472 e. The molecule has 0 aromatic rings. The fourth-order valence-electron chi connectivity index (χ4n) is 11.2. The van der Waals surface area contributed by atoms with Crippen LogP contribution in [0.3, 0.4) is 0 Å². The third kappa shape index (κ3) is 67.0. The second-order valence-electron chi connectivity index (χ2n) is 27.9. The van der Waals surface area contributed by atoms with Crippen LogP contribution in [-0.2, 0) is 65.4 Å². The topological polar surface area (TPSA) is 237 Å². The summed E-state index contributed by atoms with van der Waals surface area (Å²) in [4.78, 5) is 72.7. The number of hydrogen-bond donors (Lipinski definition) is 3. The molecule has 93 heavy (non-hydrogen) atoms. The number of carbonyl (C=O) groups excluding carboxylic acids is 4. The minimum atomic E-state index is -4.96. The Hall–Kier alpha value is -1.94. The van der Waals surface area contributed by atoms with Crippen LogP contribution >= 0.6 is 15.6 Å². The van der Waals surface area contributed by atoms with Crippen LogP contribution in [0.1, 0.15) is 376 Å². The number of aliphatic hydroxyl groups is 1. The normalized spacial score (nSPS) is 14.4. The Kier molecular flexibility index (Phi) is 63.4. The molecule has 0 aliphatic rings. The molecule has 552 valence electrons. The maximum absolute atomic E-state index is 13.1.